The summed E-state index contributed by atoms with van der Waals surface area (Å²) in [6, 6.07) is 12.3. The van der Waals surface area contributed by atoms with Crippen LogP contribution in [0.1, 0.15) is 57.6 Å². The quantitative estimate of drug-likeness (QED) is 0.601. The van der Waals surface area contributed by atoms with Gasteiger partial charge < -0.3 is 0 Å². The molecule has 166 valence electrons. The lowest BCUT2D eigenvalue weighted by atomic mass is 10.0. The molecule has 2 unspecified atom stereocenters. The van der Waals surface area contributed by atoms with Crippen molar-refractivity contribution in [3.8, 4) is 0 Å². The van der Waals surface area contributed by atoms with Gasteiger partial charge in [-0.05, 0) is 56.0 Å². The van der Waals surface area contributed by atoms with E-state index in [1.165, 1.54) is 4.31 Å². The largest absolute Gasteiger partial charge is 0.274 e. The highest BCUT2D eigenvalue weighted by Gasteiger charge is 2.48. The molecule has 2 aromatic rings. The molecule has 1 heterocycles. The highest BCUT2D eigenvalue weighted by atomic mass is 32.2. The SMILES string of the molecule is CCC(C)N(C1CC(=O)N(c2ccc(C(C)C)cc2)C1=O)S(=O)(=O)c1ccc(C)cc1. The number of amides is 2. The van der Waals surface area contributed by atoms with Crippen LogP contribution in [0.4, 0.5) is 5.69 Å². The summed E-state index contributed by atoms with van der Waals surface area (Å²) in [6.45, 7) is 9.65. The molecule has 0 bridgehead atoms. The summed E-state index contributed by atoms with van der Waals surface area (Å²) < 4.78 is 28.2. The Morgan fingerprint density at radius 2 is 1.58 bits per heavy atom. The molecule has 2 amide bonds. The first-order valence-corrected chi connectivity index (χ1v) is 12.1. The maximum Gasteiger partial charge on any atom is 0.252 e. The van der Waals surface area contributed by atoms with Gasteiger partial charge in [0.05, 0.1) is 17.0 Å². The van der Waals surface area contributed by atoms with Gasteiger partial charge in [-0.3, -0.25) is 9.59 Å². The average Bonchev–Trinajstić information content (AvgIpc) is 3.01. The molecule has 0 radical (unpaired) electrons. The fraction of sp³-hybridized carbons (Fsp3) is 0.417. The number of carbonyl (C=O) groups is 2. The zero-order valence-electron chi connectivity index (χ0n) is 18.7. The number of imide groups is 1. The molecule has 2 aromatic carbocycles. The van der Waals surface area contributed by atoms with Crippen LogP contribution >= 0.6 is 0 Å². The highest BCUT2D eigenvalue weighted by Crippen LogP contribution is 2.32. The Kier molecular flexibility index (Phi) is 6.67. The van der Waals surface area contributed by atoms with E-state index in [4.69, 9.17) is 0 Å². The van der Waals surface area contributed by atoms with Crippen molar-refractivity contribution in [2.24, 2.45) is 0 Å². The summed E-state index contributed by atoms with van der Waals surface area (Å²) in [6.07, 6.45) is 0.354. The minimum atomic E-state index is -3.96. The molecule has 2 atom stereocenters. The maximum absolute atomic E-state index is 13.5. The number of carbonyl (C=O) groups excluding carboxylic acids is 2. The van der Waals surface area contributed by atoms with Crippen molar-refractivity contribution in [2.45, 2.75) is 70.4 Å². The normalized spacial score (nSPS) is 18.3. The third-order valence-electron chi connectivity index (χ3n) is 5.87. The van der Waals surface area contributed by atoms with Crippen molar-refractivity contribution < 1.29 is 18.0 Å². The molecular formula is C24H30N2O4S. The van der Waals surface area contributed by atoms with Crippen LogP contribution in [0.5, 0.6) is 0 Å². The summed E-state index contributed by atoms with van der Waals surface area (Å²) in [7, 11) is -3.96. The van der Waals surface area contributed by atoms with Crippen molar-refractivity contribution in [2.75, 3.05) is 4.90 Å². The van der Waals surface area contributed by atoms with Crippen molar-refractivity contribution in [1.29, 1.82) is 0 Å². The van der Waals surface area contributed by atoms with Crippen molar-refractivity contribution in [3.63, 3.8) is 0 Å². The van der Waals surface area contributed by atoms with Gasteiger partial charge in [0, 0.05) is 6.04 Å². The van der Waals surface area contributed by atoms with E-state index < -0.39 is 28.0 Å². The van der Waals surface area contributed by atoms with Gasteiger partial charge in [-0.15, -0.1) is 0 Å². The van der Waals surface area contributed by atoms with Gasteiger partial charge in [0.25, 0.3) is 5.91 Å². The molecular weight excluding hydrogens is 412 g/mol. The van der Waals surface area contributed by atoms with Crippen LogP contribution in [0.25, 0.3) is 0 Å². The predicted molar refractivity (Wildman–Crippen MR) is 121 cm³/mol. The van der Waals surface area contributed by atoms with E-state index in [9.17, 15) is 18.0 Å². The fourth-order valence-corrected chi connectivity index (χ4v) is 5.66. The van der Waals surface area contributed by atoms with Gasteiger partial charge in [-0.2, -0.15) is 4.31 Å². The van der Waals surface area contributed by atoms with Crippen molar-refractivity contribution in [1.82, 2.24) is 4.31 Å². The minimum absolute atomic E-state index is 0.124. The first-order chi connectivity index (χ1) is 14.6. The Morgan fingerprint density at radius 1 is 1.00 bits per heavy atom. The first kappa shape index (κ1) is 23.2. The number of hydrogen-bond acceptors (Lipinski definition) is 4. The molecule has 31 heavy (non-hydrogen) atoms. The second kappa shape index (κ2) is 8.93. The van der Waals surface area contributed by atoms with E-state index in [0.717, 1.165) is 16.0 Å². The topological polar surface area (TPSA) is 74.8 Å². The lowest BCUT2D eigenvalue weighted by molar-refractivity contribution is -0.122. The Hall–Kier alpha value is -2.51. The first-order valence-electron chi connectivity index (χ1n) is 10.6. The summed E-state index contributed by atoms with van der Waals surface area (Å²) in [5, 5.41) is 0. The van der Waals surface area contributed by atoms with E-state index in [2.05, 4.69) is 13.8 Å². The molecule has 1 saturated heterocycles. The number of benzene rings is 2. The van der Waals surface area contributed by atoms with Crippen LogP contribution in [-0.4, -0.2) is 36.6 Å². The molecule has 0 aromatic heterocycles. The van der Waals surface area contributed by atoms with Gasteiger partial charge in [0.1, 0.15) is 6.04 Å². The number of rotatable bonds is 7. The standard InChI is InChI=1S/C24H30N2O4S/c1-6-18(5)26(31(29,30)21-13-7-17(4)8-14-21)22-15-23(27)25(24(22)28)20-11-9-19(10-12-20)16(2)3/h7-14,16,18,22H,6,15H2,1-5H3. The zero-order valence-corrected chi connectivity index (χ0v) is 19.5. The van der Waals surface area contributed by atoms with E-state index in [1.807, 2.05) is 26.0 Å². The summed E-state index contributed by atoms with van der Waals surface area (Å²) >= 11 is 0. The van der Waals surface area contributed by atoms with Crippen LogP contribution < -0.4 is 4.90 Å². The second-order valence-corrected chi connectivity index (χ2v) is 10.3. The lowest BCUT2D eigenvalue weighted by Gasteiger charge is -2.31. The van der Waals surface area contributed by atoms with Gasteiger partial charge in [-0.25, -0.2) is 13.3 Å². The molecule has 0 spiro atoms. The van der Waals surface area contributed by atoms with Crippen molar-refractivity contribution in [3.05, 3.63) is 59.7 Å². The second-order valence-electron chi connectivity index (χ2n) is 8.44. The maximum atomic E-state index is 13.5. The monoisotopic (exact) mass is 442 g/mol. The van der Waals surface area contributed by atoms with Crippen LogP contribution in [0.3, 0.4) is 0 Å². The Bertz CT molecular complexity index is 1060. The molecule has 0 aliphatic carbocycles. The third-order valence-corrected chi connectivity index (χ3v) is 7.91. The number of sulfonamides is 1. The van der Waals surface area contributed by atoms with Crippen LogP contribution in [0.15, 0.2) is 53.4 Å². The highest BCUT2D eigenvalue weighted by molar-refractivity contribution is 7.89. The number of aryl methyl sites for hydroxylation is 1. The zero-order chi connectivity index (χ0) is 22.9. The molecule has 7 heteroatoms. The molecule has 0 saturated carbocycles. The van der Waals surface area contributed by atoms with Crippen LogP contribution in [0, 0.1) is 6.92 Å². The lowest BCUT2D eigenvalue weighted by Crippen LogP contribution is -2.49. The third kappa shape index (κ3) is 4.43. The van der Waals surface area contributed by atoms with Gasteiger partial charge >= 0.3 is 0 Å². The summed E-state index contributed by atoms with van der Waals surface area (Å²) in [5.41, 5.74) is 2.51. The Morgan fingerprint density at radius 3 is 2.10 bits per heavy atom. The molecule has 1 aliphatic rings. The number of anilines is 1. The fourth-order valence-electron chi connectivity index (χ4n) is 3.82. The van der Waals surface area contributed by atoms with Gasteiger partial charge in [0.15, 0.2) is 0 Å². The smallest absolute Gasteiger partial charge is 0.252 e. The molecule has 1 fully saturated rings. The van der Waals surface area contributed by atoms with E-state index in [0.29, 0.717) is 18.0 Å². The minimum Gasteiger partial charge on any atom is -0.274 e. The molecule has 0 N–H and O–H groups in total. The predicted octanol–water partition coefficient (Wildman–Crippen LogP) is 4.24. The van der Waals surface area contributed by atoms with Crippen LogP contribution in [0.2, 0.25) is 0 Å². The van der Waals surface area contributed by atoms with Crippen LogP contribution in [-0.2, 0) is 19.6 Å². The van der Waals surface area contributed by atoms with E-state index in [-0.39, 0.29) is 17.2 Å². The number of hydrogen-bond donors (Lipinski definition) is 0. The Balaban J connectivity index is 1.98. The van der Waals surface area contributed by atoms with Crippen molar-refractivity contribution >= 4 is 27.5 Å². The summed E-state index contributed by atoms with van der Waals surface area (Å²) in [5.74, 6) is -0.565. The van der Waals surface area contributed by atoms with Gasteiger partial charge in [0.2, 0.25) is 15.9 Å². The molecule has 3 rings (SSSR count). The number of nitrogens with zero attached hydrogens (tertiary/aromatic N) is 2. The van der Waals surface area contributed by atoms with E-state index in [1.54, 1.807) is 43.3 Å². The Labute approximate surface area is 184 Å². The summed E-state index contributed by atoms with van der Waals surface area (Å²) in [4.78, 5) is 27.4. The average molecular weight is 443 g/mol. The van der Waals surface area contributed by atoms with Gasteiger partial charge in [-0.1, -0.05) is 50.6 Å². The van der Waals surface area contributed by atoms with E-state index >= 15 is 0 Å². The molecule has 6 nitrogen and oxygen atoms in total. The molecule has 1 aliphatic heterocycles.